The van der Waals surface area contributed by atoms with Crippen LogP contribution in [0.4, 0.5) is 4.39 Å². The molecule has 0 spiro atoms. The number of amides is 2. The average molecular weight is 445 g/mol. The molecule has 0 N–H and O–H groups in total. The first-order valence-corrected chi connectivity index (χ1v) is 11.0. The second-order valence-corrected chi connectivity index (χ2v) is 8.11. The number of ketones is 1. The summed E-state index contributed by atoms with van der Waals surface area (Å²) >= 11 is 0. The van der Waals surface area contributed by atoms with Gasteiger partial charge in [0, 0.05) is 32.6 Å². The predicted molar refractivity (Wildman–Crippen MR) is 124 cm³/mol. The van der Waals surface area contributed by atoms with Crippen molar-refractivity contribution in [2.75, 3.05) is 26.2 Å². The van der Waals surface area contributed by atoms with Gasteiger partial charge >= 0.3 is 0 Å². The van der Waals surface area contributed by atoms with Crippen molar-refractivity contribution in [1.82, 2.24) is 9.80 Å². The fourth-order valence-corrected chi connectivity index (χ4v) is 3.98. The maximum absolute atomic E-state index is 13.9. The van der Waals surface area contributed by atoms with Gasteiger partial charge in [0.25, 0.3) is 5.91 Å². The Bertz CT molecular complexity index is 1140. The van der Waals surface area contributed by atoms with Gasteiger partial charge in [-0.2, -0.15) is 0 Å². The number of hydrogen-bond donors (Lipinski definition) is 0. The second kappa shape index (κ2) is 10.2. The Hall–Kier alpha value is -3.80. The summed E-state index contributed by atoms with van der Waals surface area (Å²) in [5.74, 6) is -1.31. The summed E-state index contributed by atoms with van der Waals surface area (Å²) in [6, 6.07) is 23.6. The van der Waals surface area contributed by atoms with Gasteiger partial charge in [-0.25, -0.2) is 4.39 Å². The van der Waals surface area contributed by atoms with Crippen LogP contribution in [0.15, 0.2) is 78.9 Å². The maximum atomic E-state index is 13.9. The van der Waals surface area contributed by atoms with Crippen LogP contribution in [-0.4, -0.2) is 53.6 Å². The molecule has 33 heavy (non-hydrogen) atoms. The fraction of sp³-hybridized carbons (Fsp3) is 0.222. The Labute approximate surface area is 192 Å². The number of benzene rings is 3. The highest BCUT2D eigenvalue weighted by Crippen LogP contribution is 2.20. The third kappa shape index (κ3) is 5.52. The third-order valence-corrected chi connectivity index (χ3v) is 5.83. The molecule has 0 atom stereocenters. The minimum atomic E-state index is -0.552. The van der Waals surface area contributed by atoms with Crippen LogP contribution in [0, 0.1) is 5.82 Å². The summed E-state index contributed by atoms with van der Waals surface area (Å²) in [7, 11) is 0. The normalized spacial score (nSPS) is 13.6. The molecular weight excluding hydrogens is 419 g/mol. The largest absolute Gasteiger partial charge is 0.339 e. The Morgan fingerprint density at radius 3 is 1.94 bits per heavy atom. The molecule has 3 aromatic rings. The molecule has 3 aromatic carbocycles. The van der Waals surface area contributed by atoms with E-state index in [0.29, 0.717) is 26.2 Å². The molecule has 4 rings (SSSR count). The van der Waals surface area contributed by atoms with Gasteiger partial charge in [0.1, 0.15) is 11.6 Å². The van der Waals surface area contributed by atoms with Crippen LogP contribution in [0.25, 0.3) is 11.1 Å². The fourth-order valence-electron chi connectivity index (χ4n) is 3.98. The van der Waals surface area contributed by atoms with E-state index < -0.39 is 5.82 Å². The number of Topliss-reactive ketones (excluding diaryl/α,β-unsaturated/α-hetero) is 1. The Balaban J connectivity index is 1.26. The number of hydrogen-bond acceptors (Lipinski definition) is 3. The lowest BCUT2D eigenvalue weighted by molar-refractivity contribution is -0.136. The predicted octanol–water partition coefficient (Wildman–Crippen LogP) is 3.98. The highest BCUT2D eigenvalue weighted by Gasteiger charge is 2.27. The van der Waals surface area contributed by atoms with Crippen molar-refractivity contribution < 1.29 is 18.8 Å². The second-order valence-electron chi connectivity index (χ2n) is 8.11. The van der Waals surface area contributed by atoms with Crippen molar-refractivity contribution in [1.29, 1.82) is 0 Å². The molecule has 168 valence electrons. The summed E-state index contributed by atoms with van der Waals surface area (Å²) in [5, 5.41) is 0. The summed E-state index contributed by atoms with van der Waals surface area (Å²) in [6.45, 7) is 1.29. The van der Waals surface area contributed by atoms with E-state index >= 15 is 0 Å². The first-order valence-electron chi connectivity index (χ1n) is 11.0. The van der Waals surface area contributed by atoms with Gasteiger partial charge in [0.05, 0.1) is 12.0 Å². The topological polar surface area (TPSA) is 57.7 Å². The van der Waals surface area contributed by atoms with Crippen LogP contribution < -0.4 is 0 Å². The SMILES string of the molecule is O=C(CC(=O)N1CCN(C(=O)c2ccccc2F)CC1)Cc1ccc(-c2ccccc2)cc1. The molecule has 1 fully saturated rings. The van der Waals surface area contributed by atoms with Crippen LogP contribution in [0.1, 0.15) is 22.3 Å². The van der Waals surface area contributed by atoms with E-state index in [2.05, 4.69) is 0 Å². The number of halogens is 1. The van der Waals surface area contributed by atoms with Gasteiger partial charge in [-0.15, -0.1) is 0 Å². The van der Waals surface area contributed by atoms with E-state index in [1.54, 1.807) is 11.0 Å². The molecule has 0 aromatic heterocycles. The van der Waals surface area contributed by atoms with Gasteiger partial charge in [0.2, 0.25) is 5.91 Å². The van der Waals surface area contributed by atoms with Gasteiger partial charge in [-0.3, -0.25) is 14.4 Å². The zero-order chi connectivity index (χ0) is 23.2. The van der Waals surface area contributed by atoms with Crippen molar-refractivity contribution in [2.45, 2.75) is 12.8 Å². The lowest BCUT2D eigenvalue weighted by Gasteiger charge is -2.34. The van der Waals surface area contributed by atoms with Gasteiger partial charge in [-0.1, -0.05) is 66.7 Å². The summed E-state index contributed by atoms with van der Waals surface area (Å²) < 4.78 is 13.9. The van der Waals surface area contributed by atoms with Crippen LogP contribution in [-0.2, 0) is 16.0 Å². The minimum Gasteiger partial charge on any atom is -0.339 e. The summed E-state index contributed by atoms with van der Waals surface area (Å²) in [4.78, 5) is 40.7. The number of rotatable bonds is 6. The molecule has 1 heterocycles. The number of nitrogens with zero attached hydrogens (tertiary/aromatic N) is 2. The molecule has 0 radical (unpaired) electrons. The van der Waals surface area contributed by atoms with E-state index in [1.807, 2.05) is 54.6 Å². The molecule has 1 saturated heterocycles. The molecule has 6 heteroatoms. The van der Waals surface area contributed by atoms with Crippen LogP contribution >= 0.6 is 0 Å². The lowest BCUT2D eigenvalue weighted by Crippen LogP contribution is -2.51. The van der Waals surface area contributed by atoms with Crippen molar-refractivity contribution >= 4 is 17.6 Å². The van der Waals surface area contributed by atoms with Crippen LogP contribution in [0.5, 0.6) is 0 Å². The van der Waals surface area contributed by atoms with Crippen LogP contribution in [0.2, 0.25) is 0 Å². The molecule has 5 nitrogen and oxygen atoms in total. The van der Waals surface area contributed by atoms with E-state index in [0.717, 1.165) is 16.7 Å². The molecule has 0 unspecified atom stereocenters. The lowest BCUT2D eigenvalue weighted by atomic mass is 10.0. The quantitative estimate of drug-likeness (QED) is 0.541. The number of carbonyl (C=O) groups excluding carboxylic acids is 3. The summed E-state index contributed by atoms with van der Waals surface area (Å²) in [5.41, 5.74) is 3.09. The molecule has 1 aliphatic heterocycles. The van der Waals surface area contributed by atoms with Crippen molar-refractivity contribution in [3.8, 4) is 11.1 Å². The van der Waals surface area contributed by atoms with E-state index in [-0.39, 0.29) is 36.0 Å². The maximum Gasteiger partial charge on any atom is 0.256 e. The third-order valence-electron chi connectivity index (χ3n) is 5.83. The number of carbonyl (C=O) groups is 3. The molecule has 1 aliphatic rings. The minimum absolute atomic E-state index is 0.0331. The van der Waals surface area contributed by atoms with Gasteiger partial charge in [0.15, 0.2) is 0 Å². The van der Waals surface area contributed by atoms with Gasteiger partial charge < -0.3 is 9.80 Å². The van der Waals surface area contributed by atoms with E-state index in [1.165, 1.54) is 23.1 Å². The average Bonchev–Trinajstić information content (AvgIpc) is 2.85. The number of piperazine rings is 1. The highest BCUT2D eigenvalue weighted by molar-refractivity contribution is 5.99. The van der Waals surface area contributed by atoms with E-state index in [4.69, 9.17) is 0 Å². The van der Waals surface area contributed by atoms with Crippen molar-refractivity contribution in [3.63, 3.8) is 0 Å². The van der Waals surface area contributed by atoms with Crippen LogP contribution in [0.3, 0.4) is 0 Å². The zero-order valence-electron chi connectivity index (χ0n) is 18.2. The van der Waals surface area contributed by atoms with E-state index in [9.17, 15) is 18.8 Å². The molecule has 0 bridgehead atoms. The Kier molecular flexibility index (Phi) is 6.93. The summed E-state index contributed by atoms with van der Waals surface area (Å²) in [6.07, 6.45) is 0.0360. The molecule has 2 amide bonds. The zero-order valence-corrected chi connectivity index (χ0v) is 18.2. The molecule has 0 saturated carbocycles. The van der Waals surface area contributed by atoms with Crippen molar-refractivity contribution in [2.24, 2.45) is 0 Å². The molecule has 0 aliphatic carbocycles. The Morgan fingerprint density at radius 1 is 0.697 bits per heavy atom. The Morgan fingerprint density at radius 2 is 1.27 bits per heavy atom. The smallest absolute Gasteiger partial charge is 0.256 e. The highest BCUT2D eigenvalue weighted by atomic mass is 19.1. The monoisotopic (exact) mass is 444 g/mol. The molecular formula is C27H25FN2O3. The first kappa shape index (κ1) is 22.4. The van der Waals surface area contributed by atoms with Gasteiger partial charge in [-0.05, 0) is 28.8 Å². The standard InChI is InChI=1S/C27H25FN2O3/c28-25-9-5-4-8-24(25)27(33)30-16-14-29(15-17-30)26(32)19-23(31)18-20-10-12-22(13-11-20)21-6-2-1-3-7-21/h1-13H,14-19H2. The van der Waals surface area contributed by atoms with Crippen molar-refractivity contribution in [3.05, 3.63) is 95.8 Å². The first-order chi connectivity index (χ1) is 16.0.